The van der Waals surface area contributed by atoms with Crippen LogP contribution in [0.5, 0.6) is 0 Å². The van der Waals surface area contributed by atoms with Crippen LogP contribution in [0.1, 0.15) is 50.3 Å². The summed E-state index contributed by atoms with van der Waals surface area (Å²) >= 11 is 0. The molecular formula is C17H26F2N2. The van der Waals surface area contributed by atoms with Gasteiger partial charge < -0.3 is 5.73 Å². The molecule has 0 radical (unpaired) electrons. The first kappa shape index (κ1) is 16.4. The quantitative estimate of drug-likeness (QED) is 0.890. The van der Waals surface area contributed by atoms with E-state index < -0.39 is 6.43 Å². The van der Waals surface area contributed by atoms with Gasteiger partial charge in [-0.1, -0.05) is 32.0 Å². The van der Waals surface area contributed by atoms with Gasteiger partial charge in [-0.25, -0.2) is 8.78 Å². The summed E-state index contributed by atoms with van der Waals surface area (Å²) in [5.74, 6) is 1.48. The summed E-state index contributed by atoms with van der Waals surface area (Å²) in [4.78, 5) is 2.35. The van der Waals surface area contributed by atoms with E-state index >= 15 is 0 Å². The van der Waals surface area contributed by atoms with Crippen molar-refractivity contribution in [3.63, 3.8) is 0 Å². The highest BCUT2D eigenvalue weighted by molar-refractivity contribution is 5.27. The molecule has 2 nitrogen and oxygen atoms in total. The fourth-order valence-electron chi connectivity index (χ4n) is 3.30. The second-order valence-electron chi connectivity index (χ2n) is 6.34. The fourth-order valence-corrected chi connectivity index (χ4v) is 3.30. The van der Waals surface area contributed by atoms with Crippen LogP contribution >= 0.6 is 0 Å². The number of nitrogens with two attached hydrogens (primary N) is 1. The average molecular weight is 296 g/mol. The summed E-state index contributed by atoms with van der Waals surface area (Å²) in [6.07, 6.45) is -0.0825. The Balaban J connectivity index is 2.08. The second kappa shape index (κ2) is 7.32. The number of hydrogen-bond donors (Lipinski definition) is 1. The van der Waals surface area contributed by atoms with Crippen molar-refractivity contribution in [2.24, 2.45) is 17.6 Å². The molecule has 1 aliphatic heterocycles. The summed E-state index contributed by atoms with van der Waals surface area (Å²) < 4.78 is 25.7. The van der Waals surface area contributed by atoms with Crippen molar-refractivity contribution < 1.29 is 8.78 Å². The van der Waals surface area contributed by atoms with E-state index in [1.165, 1.54) is 18.9 Å². The monoisotopic (exact) mass is 296 g/mol. The van der Waals surface area contributed by atoms with Crippen molar-refractivity contribution in [3.05, 3.63) is 35.4 Å². The van der Waals surface area contributed by atoms with E-state index in [0.29, 0.717) is 12.5 Å². The van der Waals surface area contributed by atoms with Gasteiger partial charge in [0.2, 0.25) is 0 Å². The number of benzene rings is 1. The van der Waals surface area contributed by atoms with E-state index in [1.54, 1.807) is 12.1 Å². The maximum Gasteiger partial charge on any atom is 0.263 e. The molecule has 4 heteroatoms. The van der Waals surface area contributed by atoms with Crippen LogP contribution in [0.2, 0.25) is 0 Å². The van der Waals surface area contributed by atoms with Gasteiger partial charge in [0.05, 0.1) is 0 Å². The highest BCUT2D eigenvalue weighted by Crippen LogP contribution is 2.31. The Kier molecular flexibility index (Phi) is 5.71. The molecule has 0 aliphatic carbocycles. The molecule has 1 saturated heterocycles. The van der Waals surface area contributed by atoms with Crippen LogP contribution in [-0.2, 0) is 0 Å². The van der Waals surface area contributed by atoms with Gasteiger partial charge in [0.15, 0.2) is 0 Å². The van der Waals surface area contributed by atoms with Crippen LogP contribution in [0, 0.1) is 11.8 Å². The average Bonchev–Trinajstić information content (AvgIpc) is 2.49. The lowest BCUT2D eigenvalue weighted by atomic mass is 9.86. The smallest absolute Gasteiger partial charge is 0.263 e. The Morgan fingerprint density at radius 2 is 1.81 bits per heavy atom. The Bertz CT molecular complexity index is 440. The molecule has 0 saturated carbocycles. The zero-order chi connectivity index (χ0) is 15.4. The SMILES string of the molecule is CC(C)C1CCN(C(CN)c2cccc(C(F)F)c2)CC1. The van der Waals surface area contributed by atoms with E-state index in [-0.39, 0.29) is 11.6 Å². The first-order valence-corrected chi connectivity index (χ1v) is 7.85. The van der Waals surface area contributed by atoms with Gasteiger partial charge in [0.25, 0.3) is 6.43 Å². The Morgan fingerprint density at radius 1 is 1.19 bits per heavy atom. The summed E-state index contributed by atoms with van der Waals surface area (Å²) in [6, 6.07) is 6.76. The minimum absolute atomic E-state index is 0.0526. The Labute approximate surface area is 126 Å². The van der Waals surface area contributed by atoms with Gasteiger partial charge in [-0.3, -0.25) is 4.90 Å². The van der Waals surface area contributed by atoms with Crippen molar-refractivity contribution in [1.29, 1.82) is 0 Å². The fraction of sp³-hybridized carbons (Fsp3) is 0.647. The van der Waals surface area contributed by atoms with Gasteiger partial charge in [0.1, 0.15) is 0 Å². The van der Waals surface area contributed by atoms with E-state index in [0.717, 1.165) is 24.6 Å². The van der Waals surface area contributed by atoms with Crippen molar-refractivity contribution in [2.45, 2.75) is 39.2 Å². The molecule has 0 amide bonds. The van der Waals surface area contributed by atoms with E-state index in [2.05, 4.69) is 18.7 Å². The summed E-state index contributed by atoms with van der Waals surface area (Å²) in [6.45, 7) is 7.02. The molecule has 1 heterocycles. The topological polar surface area (TPSA) is 29.3 Å². The Morgan fingerprint density at radius 3 is 2.33 bits per heavy atom. The van der Waals surface area contributed by atoms with Crippen LogP contribution in [0.3, 0.4) is 0 Å². The zero-order valence-electron chi connectivity index (χ0n) is 12.9. The maximum absolute atomic E-state index is 12.9. The summed E-state index contributed by atoms with van der Waals surface area (Å²) in [5.41, 5.74) is 6.93. The van der Waals surface area contributed by atoms with Gasteiger partial charge >= 0.3 is 0 Å². The molecule has 118 valence electrons. The number of halogens is 2. The summed E-state index contributed by atoms with van der Waals surface area (Å²) in [7, 11) is 0. The zero-order valence-corrected chi connectivity index (χ0v) is 12.9. The molecule has 1 unspecified atom stereocenters. The van der Waals surface area contributed by atoms with E-state index in [1.807, 2.05) is 6.07 Å². The lowest BCUT2D eigenvalue weighted by molar-refractivity contribution is 0.117. The summed E-state index contributed by atoms with van der Waals surface area (Å²) in [5, 5.41) is 0. The van der Waals surface area contributed by atoms with Crippen molar-refractivity contribution >= 4 is 0 Å². The molecule has 2 N–H and O–H groups in total. The predicted octanol–water partition coefficient (Wildman–Crippen LogP) is 3.99. The molecule has 0 bridgehead atoms. The van der Waals surface area contributed by atoms with Crippen molar-refractivity contribution in [3.8, 4) is 0 Å². The number of piperidine rings is 1. The normalized spacial score (nSPS) is 19.4. The van der Waals surface area contributed by atoms with Crippen LogP contribution in [0.4, 0.5) is 8.78 Å². The van der Waals surface area contributed by atoms with Crippen LogP contribution < -0.4 is 5.73 Å². The molecule has 1 aliphatic rings. The first-order chi connectivity index (χ1) is 10.0. The van der Waals surface area contributed by atoms with Crippen molar-refractivity contribution in [1.82, 2.24) is 4.90 Å². The molecule has 1 aromatic carbocycles. The van der Waals surface area contributed by atoms with Gasteiger partial charge in [-0.2, -0.15) is 0 Å². The van der Waals surface area contributed by atoms with Crippen LogP contribution in [0.25, 0.3) is 0 Å². The molecule has 1 atom stereocenters. The highest BCUT2D eigenvalue weighted by Gasteiger charge is 2.27. The van der Waals surface area contributed by atoms with E-state index in [9.17, 15) is 8.78 Å². The lowest BCUT2D eigenvalue weighted by Gasteiger charge is -2.38. The number of hydrogen-bond acceptors (Lipinski definition) is 2. The van der Waals surface area contributed by atoms with Crippen LogP contribution in [-0.4, -0.2) is 24.5 Å². The number of alkyl halides is 2. The van der Waals surface area contributed by atoms with Crippen molar-refractivity contribution in [2.75, 3.05) is 19.6 Å². The molecule has 1 aromatic rings. The molecular weight excluding hydrogens is 270 g/mol. The van der Waals surface area contributed by atoms with Crippen LogP contribution in [0.15, 0.2) is 24.3 Å². The minimum atomic E-state index is -2.42. The van der Waals surface area contributed by atoms with E-state index in [4.69, 9.17) is 5.73 Å². The largest absolute Gasteiger partial charge is 0.329 e. The maximum atomic E-state index is 12.9. The first-order valence-electron chi connectivity index (χ1n) is 7.85. The molecule has 21 heavy (non-hydrogen) atoms. The lowest BCUT2D eigenvalue weighted by Crippen LogP contribution is -2.40. The molecule has 1 fully saturated rings. The second-order valence-corrected chi connectivity index (χ2v) is 6.34. The predicted molar refractivity (Wildman–Crippen MR) is 82.3 cm³/mol. The van der Waals surface area contributed by atoms with Gasteiger partial charge in [-0.05, 0) is 49.4 Å². The molecule has 0 aromatic heterocycles. The molecule has 2 rings (SSSR count). The third-order valence-corrected chi connectivity index (χ3v) is 4.73. The number of likely N-dealkylation sites (tertiary alicyclic amines) is 1. The third kappa shape index (κ3) is 4.01. The highest BCUT2D eigenvalue weighted by atomic mass is 19.3. The van der Waals surface area contributed by atoms with Gasteiger partial charge in [0, 0.05) is 18.2 Å². The minimum Gasteiger partial charge on any atom is -0.329 e. The Hall–Kier alpha value is -1.00. The third-order valence-electron chi connectivity index (χ3n) is 4.73. The number of nitrogens with zero attached hydrogens (tertiary/aromatic N) is 1. The molecule has 0 spiro atoms. The standard InChI is InChI=1S/C17H26F2N2/c1-12(2)13-6-8-21(9-7-13)16(11-20)14-4-3-5-15(10-14)17(18)19/h3-5,10,12-13,16-17H,6-9,11,20H2,1-2H3. The van der Waals surface area contributed by atoms with Gasteiger partial charge in [-0.15, -0.1) is 0 Å². The number of rotatable bonds is 5.